The molecule has 0 atom stereocenters. The third-order valence-corrected chi connectivity index (χ3v) is 3.61. The van der Waals surface area contributed by atoms with Crippen molar-refractivity contribution in [2.24, 2.45) is 0 Å². The van der Waals surface area contributed by atoms with Crippen LogP contribution >= 0.6 is 15.9 Å². The van der Waals surface area contributed by atoms with Crippen molar-refractivity contribution in [2.45, 2.75) is 6.92 Å². The predicted molar refractivity (Wildman–Crippen MR) is 83.9 cm³/mol. The third-order valence-electron chi connectivity index (χ3n) is 2.72. The minimum absolute atomic E-state index is 0.0466. The Kier molecular flexibility index (Phi) is 5.05. The van der Waals surface area contributed by atoms with E-state index in [-0.39, 0.29) is 12.4 Å². The minimum atomic E-state index is -0.661. The van der Waals surface area contributed by atoms with Crippen LogP contribution in [0.3, 0.4) is 0 Å². The number of amides is 1. The highest BCUT2D eigenvalue weighted by Crippen LogP contribution is 2.23. The summed E-state index contributed by atoms with van der Waals surface area (Å²) in [7, 11) is 0. The van der Waals surface area contributed by atoms with Gasteiger partial charge >= 0.3 is 5.82 Å². The monoisotopic (exact) mass is 365 g/mol. The second kappa shape index (κ2) is 6.99. The van der Waals surface area contributed by atoms with Gasteiger partial charge in [-0.3, -0.25) is 4.79 Å². The summed E-state index contributed by atoms with van der Waals surface area (Å²) in [6.45, 7) is 1.55. The van der Waals surface area contributed by atoms with E-state index < -0.39 is 16.6 Å². The highest BCUT2D eigenvalue weighted by Gasteiger charge is 2.16. The zero-order chi connectivity index (χ0) is 16.1. The molecule has 114 valence electrons. The summed E-state index contributed by atoms with van der Waals surface area (Å²) in [5.41, 5.74) is 1.59. The molecule has 1 heterocycles. The van der Waals surface area contributed by atoms with E-state index in [0.29, 0.717) is 5.69 Å². The largest absolute Gasteiger partial charge is 0.476 e. The first kappa shape index (κ1) is 15.9. The molecule has 0 aliphatic heterocycles. The summed E-state index contributed by atoms with van der Waals surface area (Å²) in [6, 6.07) is 8.24. The van der Waals surface area contributed by atoms with Gasteiger partial charge in [-0.25, -0.2) is 0 Å². The van der Waals surface area contributed by atoms with Crippen molar-refractivity contribution in [3.8, 4) is 5.75 Å². The van der Waals surface area contributed by atoms with Gasteiger partial charge in [0.15, 0.2) is 6.61 Å². The van der Waals surface area contributed by atoms with E-state index in [4.69, 9.17) is 4.74 Å². The number of nitrogens with zero attached hydrogens (tertiary/aromatic N) is 2. The van der Waals surface area contributed by atoms with Crippen molar-refractivity contribution >= 4 is 33.3 Å². The molecule has 0 fully saturated rings. The lowest BCUT2D eigenvalue weighted by molar-refractivity contribution is -0.390. The second-order valence-electron chi connectivity index (χ2n) is 4.38. The lowest BCUT2D eigenvalue weighted by Gasteiger charge is -2.08. The molecule has 22 heavy (non-hydrogen) atoms. The number of carbonyl (C=O) groups excluding carboxylic acids is 1. The number of pyridine rings is 1. The molecule has 1 aromatic heterocycles. The Hall–Kier alpha value is -2.48. The number of hydrogen-bond acceptors (Lipinski definition) is 5. The molecule has 7 nitrogen and oxygen atoms in total. The smallest absolute Gasteiger partial charge is 0.406 e. The lowest BCUT2D eigenvalue weighted by Crippen LogP contribution is -2.20. The number of aromatic nitrogens is 1. The molecule has 0 saturated heterocycles. The number of halogens is 1. The van der Waals surface area contributed by atoms with Gasteiger partial charge in [0, 0.05) is 10.2 Å². The maximum absolute atomic E-state index is 11.8. The number of nitro groups is 1. The number of aryl methyl sites for hydroxylation is 1. The van der Waals surface area contributed by atoms with Crippen molar-refractivity contribution in [1.29, 1.82) is 0 Å². The fraction of sp³-hybridized carbons (Fsp3) is 0.143. The Morgan fingerprint density at radius 3 is 2.91 bits per heavy atom. The van der Waals surface area contributed by atoms with Crippen LogP contribution in [-0.2, 0) is 4.79 Å². The zero-order valence-corrected chi connectivity index (χ0v) is 13.2. The average Bonchev–Trinajstić information content (AvgIpc) is 2.49. The van der Waals surface area contributed by atoms with Crippen molar-refractivity contribution in [1.82, 2.24) is 4.98 Å². The zero-order valence-electron chi connectivity index (χ0n) is 11.6. The fourth-order valence-electron chi connectivity index (χ4n) is 1.69. The van der Waals surface area contributed by atoms with Crippen molar-refractivity contribution in [3.63, 3.8) is 0 Å². The summed E-state index contributed by atoms with van der Waals surface area (Å²) in [6.07, 6.45) is 1.29. The van der Waals surface area contributed by atoms with Crippen LogP contribution in [0.4, 0.5) is 11.5 Å². The van der Waals surface area contributed by atoms with Crippen molar-refractivity contribution in [2.75, 3.05) is 11.9 Å². The van der Waals surface area contributed by atoms with Crippen LogP contribution in [0, 0.1) is 17.0 Å². The maximum Gasteiger partial charge on any atom is 0.406 e. The Balaban J connectivity index is 1.98. The molecule has 0 bridgehead atoms. The van der Waals surface area contributed by atoms with Crippen molar-refractivity contribution < 1.29 is 14.5 Å². The van der Waals surface area contributed by atoms with E-state index in [1.165, 1.54) is 18.3 Å². The quantitative estimate of drug-likeness (QED) is 0.648. The van der Waals surface area contributed by atoms with Gasteiger partial charge in [-0.2, -0.15) is 0 Å². The molecule has 1 amide bonds. The second-order valence-corrected chi connectivity index (χ2v) is 5.24. The molecule has 1 N–H and O–H groups in total. The molecule has 8 heteroatoms. The summed E-state index contributed by atoms with van der Waals surface area (Å²) in [4.78, 5) is 25.5. The first-order chi connectivity index (χ1) is 10.5. The fourth-order valence-corrected chi connectivity index (χ4v) is 1.94. The average molecular weight is 366 g/mol. The van der Waals surface area contributed by atoms with Gasteiger partial charge in [-0.1, -0.05) is 15.9 Å². The summed E-state index contributed by atoms with van der Waals surface area (Å²) >= 11 is 3.37. The number of rotatable bonds is 5. The normalized spacial score (nSPS) is 10.1. The molecular formula is C14H12BrN3O4. The van der Waals surface area contributed by atoms with Gasteiger partial charge in [-0.15, -0.1) is 0 Å². The standard InChI is InChI=1S/C14H12BrN3O4/c1-9-7-10(4-5-11(9)15)17-13(19)8-22-12-3-2-6-16-14(12)18(20)21/h2-7H,8H2,1H3,(H,17,19). The van der Waals surface area contributed by atoms with Crippen LogP contribution in [0.15, 0.2) is 41.0 Å². The van der Waals surface area contributed by atoms with E-state index in [0.717, 1.165) is 10.0 Å². The van der Waals surface area contributed by atoms with E-state index in [1.807, 2.05) is 13.0 Å². The molecule has 1 aromatic carbocycles. The Labute approximate surface area is 134 Å². The molecule has 0 unspecified atom stereocenters. The number of hydrogen-bond donors (Lipinski definition) is 1. The van der Waals surface area contributed by atoms with Crippen LogP contribution in [-0.4, -0.2) is 22.4 Å². The highest BCUT2D eigenvalue weighted by molar-refractivity contribution is 9.10. The Morgan fingerprint density at radius 2 is 2.23 bits per heavy atom. The van der Waals surface area contributed by atoms with Gasteiger partial charge in [0.25, 0.3) is 5.91 Å². The number of carbonyl (C=O) groups is 1. The van der Waals surface area contributed by atoms with Crippen molar-refractivity contribution in [3.05, 3.63) is 56.7 Å². The molecule has 2 rings (SSSR count). The maximum atomic E-state index is 11.8. The van der Waals surface area contributed by atoms with E-state index in [9.17, 15) is 14.9 Å². The molecule has 0 aliphatic carbocycles. The van der Waals surface area contributed by atoms with Crippen LogP contribution in [0.25, 0.3) is 0 Å². The van der Waals surface area contributed by atoms with E-state index in [2.05, 4.69) is 26.2 Å². The van der Waals surface area contributed by atoms with Crippen LogP contribution < -0.4 is 10.1 Å². The summed E-state index contributed by atoms with van der Waals surface area (Å²) in [5, 5.41) is 13.4. The predicted octanol–water partition coefficient (Wildman–Crippen LogP) is 3.08. The first-order valence-electron chi connectivity index (χ1n) is 6.25. The Morgan fingerprint density at radius 1 is 1.45 bits per heavy atom. The van der Waals surface area contributed by atoms with Crippen LogP contribution in [0.2, 0.25) is 0 Å². The number of anilines is 1. The van der Waals surface area contributed by atoms with Gasteiger partial charge in [0.05, 0.1) is 0 Å². The highest BCUT2D eigenvalue weighted by atomic mass is 79.9. The molecular weight excluding hydrogens is 354 g/mol. The molecule has 2 aromatic rings. The molecule has 0 radical (unpaired) electrons. The minimum Gasteiger partial charge on any atom is -0.476 e. The van der Waals surface area contributed by atoms with E-state index in [1.54, 1.807) is 12.1 Å². The SMILES string of the molecule is Cc1cc(NC(=O)COc2cccnc2[N+](=O)[O-])ccc1Br. The van der Waals surface area contributed by atoms with Crippen LogP contribution in [0.1, 0.15) is 5.56 Å². The van der Waals surface area contributed by atoms with Gasteiger partial charge in [-0.05, 0) is 52.7 Å². The third kappa shape index (κ3) is 4.01. The molecule has 0 saturated carbocycles. The lowest BCUT2D eigenvalue weighted by atomic mass is 10.2. The van der Waals surface area contributed by atoms with Gasteiger partial charge in [0.1, 0.15) is 6.20 Å². The van der Waals surface area contributed by atoms with E-state index >= 15 is 0 Å². The molecule has 0 aliphatic rings. The number of nitrogens with one attached hydrogen (secondary N) is 1. The van der Waals surface area contributed by atoms with Gasteiger partial charge < -0.3 is 20.2 Å². The number of ether oxygens (including phenoxy) is 1. The molecule has 0 spiro atoms. The first-order valence-corrected chi connectivity index (χ1v) is 7.05. The summed E-state index contributed by atoms with van der Waals surface area (Å²) in [5.74, 6) is -0.885. The van der Waals surface area contributed by atoms with Gasteiger partial charge in [0.2, 0.25) is 5.75 Å². The topological polar surface area (TPSA) is 94.4 Å². The Bertz CT molecular complexity index is 721. The summed E-state index contributed by atoms with van der Waals surface area (Å²) < 4.78 is 6.10. The van der Waals surface area contributed by atoms with Crippen LogP contribution in [0.5, 0.6) is 5.75 Å². The number of benzene rings is 1.